The third-order valence-corrected chi connectivity index (χ3v) is 4.25. The second-order valence-corrected chi connectivity index (χ2v) is 7.17. The van der Waals surface area contributed by atoms with E-state index in [1.54, 1.807) is 18.2 Å². The lowest BCUT2D eigenvalue weighted by Crippen LogP contribution is -1.99. The summed E-state index contributed by atoms with van der Waals surface area (Å²) >= 11 is 0. The third-order valence-electron chi connectivity index (χ3n) is 2.55. The van der Waals surface area contributed by atoms with Crippen molar-refractivity contribution in [3.8, 4) is 17.2 Å². The maximum absolute atomic E-state index is 11.1. The summed E-state index contributed by atoms with van der Waals surface area (Å²) in [6.07, 6.45) is 0. The average Bonchev–Trinajstić information content (AvgIpc) is 2.41. The highest BCUT2D eigenvalue weighted by molar-refractivity contribution is 7.60. The Morgan fingerprint density at radius 2 is 1.60 bits per heavy atom. The largest absolute Gasteiger partial charge is 0.508 e. The molecule has 1 aromatic carbocycles. The number of rotatable bonds is 2. The first kappa shape index (κ1) is 19.2. The fraction of sp³-hybridized carbons (Fsp3) is 0. The van der Waals surface area contributed by atoms with Gasteiger partial charge in [-0.3, -0.25) is 4.79 Å². The zero-order valence-electron chi connectivity index (χ0n) is 12.1. The Labute approximate surface area is 139 Å². The van der Waals surface area contributed by atoms with E-state index in [0.29, 0.717) is 22.6 Å². The van der Waals surface area contributed by atoms with Crippen LogP contribution < -0.4 is 5.43 Å². The van der Waals surface area contributed by atoms with E-state index in [-0.39, 0.29) is 11.2 Å². The van der Waals surface area contributed by atoms with E-state index >= 15 is 0 Å². The quantitative estimate of drug-likeness (QED) is 0.312. The molecule has 1 aliphatic carbocycles. The molecular formula is C12H11NO10P2. The predicted molar refractivity (Wildman–Crippen MR) is 83.7 cm³/mol. The van der Waals surface area contributed by atoms with Crippen LogP contribution in [0.1, 0.15) is 0 Å². The monoisotopic (exact) mass is 391 g/mol. The average molecular weight is 391 g/mol. The molecule has 5 N–H and O–H groups in total. The summed E-state index contributed by atoms with van der Waals surface area (Å²) in [6.45, 7) is 0. The van der Waals surface area contributed by atoms with Gasteiger partial charge >= 0.3 is 15.6 Å². The Morgan fingerprint density at radius 1 is 0.960 bits per heavy atom. The first-order valence-corrected chi connectivity index (χ1v) is 9.35. The number of phosphoric acid groups is 2. The Morgan fingerprint density at radius 3 is 2.16 bits per heavy atom. The summed E-state index contributed by atoms with van der Waals surface area (Å²) in [7, 11) is -10.1. The van der Waals surface area contributed by atoms with Crippen molar-refractivity contribution >= 4 is 26.7 Å². The van der Waals surface area contributed by atoms with Crippen LogP contribution in [0.2, 0.25) is 0 Å². The van der Waals surface area contributed by atoms with Gasteiger partial charge in [0.15, 0.2) is 16.8 Å². The number of aromatic hydroxyl groups is 1. The lowest BCUT2D eigenvalue weighted by molar-refractivity contribution is 0.225. The highest BCUT2D eigenvalue weighted by Gasteiger charge is 2.27. The number of hydrogen-bond donors (Lipinski definition) is 5. The molecule has 0 unspecified atom stereocenters. The van der Waals surface area contributed by atoms with Crippen molar-refractivity contribution < 1.29 is 42.5 Å². The van der Waals surface area contributed by atoms with Crippen molar-refractivity contribution in [2.24, 2.45) is 0 Å². The summed E-state index contributed by atoms with van der Waals surface area (Å²) in [5, 5.41) is 9.31. The number of phenolic OH excluding ortho intramolecular Hbond substituents is 1. The van der Waals surface area contributed by atoms with Crippen molar-refractivity contribution in [2.75, 3.05) is 0 Å². The lowest BCUT2D eigenvalue weighted by Gasteiger charge is -2.05. The van der Waals surface area contributed by atoms with E-state index < -0.39 is 15.6 Å². The molecule has 0 saturated heterocycles. The van der Waals surface area contributed by atoms with Gasteiger partial charge in [0, 0.05) is 12.1 Å². The molecule has 0 aromatic heterocycles. The van der Waals surface area contributed by atoms with Crippen LogP contribution in [0, 0.1) is 0 Å². The molecule has 3 rings (SSSR count). The van der Waals surface area contributed by atoms with Crippen LogP contribution in [-0.2, 0) is 13.4 Å². The molecule has 2 aliphatic rings. The Kier molecular flexibility index (Phi) is 5.40. The van der Waals surface area contributed by atoms with Crippen molar-refractivity contribution in [2.45, 2.75) is 0 Å². The number of aromatic nitrogens is 1. The summed E-state index contributed by atoms with van der Waals surface area (Å²) in [5.41, 5.74) is 1.59. The zero-order valence-corrected chi connectivity index (χ0v) is 13.9. The van der Waals surface area contributed by atoms with Crippen LogP contribution in [-0.4, -0.2) is 29.7 Å². The van der Waals surface area contributed by atoms with E-state index in [0.717, 1.165) is 0 Å². The van der Waals surface area contributed by atoms with Gasteiger partial charge in [-0.1, -0.05) is 0 Å². The summed E-state index contributed by atoms with van der Waals surface area (Å²) in [5.74, 6) is 0.529. The number of fused-ring (bicyclic) bond motifs is 2. The van der Waals surface area contributed by atoms with Crippen molar-refractivity contribution in [1.29, 1.82) is 0 Å². The van der Waals surface area contributed by atoms with Crippen LogP contribution in [0.5, 0.6) is 5.75 Å². The molecule has 0 amide bonds. The van der Waals surface area contributed by atoms with Gasteiger partial charge in [-0.05, 0) is 24.3 Å². The zero-order chi connectivity index (χ0) is 18.8. The van der Waals surface area contributed by atoms with Gasteiger partial charge in [-0.15, -0.1) is 0 Å². The molecular weight excluding hydrogens is 380 g/mol. The van der Waals surface area contributed by atoms with E-state index in [1.165, 1.54) is 18.2 Å². The van der Waals surface area contributed by atoms with Crippen molar-refractivity contribution in [3.63, 3.8) is 0 Å². The maximum atomic E-state index is 11.1. The summed E-state index contributed by atoms with van der Waals surface area (Å²) < 4.78 is 27.7. The van der Waals surface area contributed by atoms with Gasteiger partial charge < -0.3 is 29.1 Å². The van der Waals surface area contributed by atoms with E-state index in [9.17, 15) is 19.0 Å². The molecule has 0 atom stereocenters. The second kappa shape index (κ2) is 7.03. The molecule has 0 radical (unpaired) electrons. The molecule has 1 heterocycles. The van der Waals surface area contributed by atoms with Gasteiger partial charge in [-0.25, -0.2) is 14.1 Å². The first-order chi connectivity index (χ1) is 11.4. The molecule has 1 aromatic rings. The molecule has 0 spiro atoms. The molecule has 1 aliphatic heterocycles. The molecule has 13 heteroatoms. The number of nitrogens with zero attached hydrogens (tertiary/aromatic N) is 1. The van der Waals surface area contributed by atoms with Gasteiger partial charge in [0.1, 0.15) is 17.0 Å². The Balaban J connectivity index is 0.000000217. The van der Waals surface area contributed by atoms with Crippen molar-refractivity contribution in [1.82, 2.24) is 4.98 Å². The molecule has 25 heavy (non-hydrogen) atoms. The highest BCUT2D eigenvalue weighted by Crippen LogP contribution is 2.53. The number of benzene rings is 2. The van der Waals surface area contributed by atoms with E-state index in [2.05, 4.69) is 9.29 Å². The van der Waals surface area contributed by atoms with Gasteiger partial charge in [0.05, 0.1) is 0 Å². The maximum Gasteiger partial charge on any atom is 0.478 e. The van der Waals surface area contributed by atoms with Crippen molar-refractivity contribution in [3.05, 3.63) is 46.6 Å². The summed E-state index contributed by atoms with van der Waals surface area (Å²) in [4.78, 5) is 46.5. The van der Waals surface area contributed by atoms with Gasteiger partial charge in [-0.2, -0.15) is 4.31 Å². The first-order valence-electron chi connectivity index (χ1n) is 6.29. The minimum Gasteiger partial charge on any atom is -0.508 e. The highest BCUT2D eigenvalue weighted by atomic mass is 31.3. The summed E-state index contributed by atoms with van der Waals surface area (Å²) in [6, 6.07) is 9.12. The normalized spacial score (nSPS) is 12.0. The SMILES string of the molecule is O=P(O)(O)OP(=O)(O)O.O=c1ccc2nc3ccc(O)cc3oc-2c1. The minimum atomic E-state index is -5.05. The van der Waals surface area contributed by atoms with Crippen LogP contribution in [0.25, 0.3) is 22.6 Å². The smallest absolute Gasteiger partial charge is 0.478 e. The van der Waals surface area contributed by atoms with Gasteiger partial charge in [0.25, 0.3) is 0 Å². The minimum absolute atomic E-state index is 0.107. The fourth-order valence-electron chi connectivity index (χ4n) is 1.73. The van der Waals surface area contributed by atoms with Gasteiger partial charge in [0.2, 0.25) is 0 Å². The number of phenols is 1. The Hall–Kier alpha value is -2.10. The molecule has 11 nitrogen and oxygen atoms in total. The molecule has 134 valence electrons. The molecule has 0 bridgehead atoms. The third kappa shape index (κ3) is 6.04. The van der Waals surface area contributed by atoms with Crippen LogP contribution in [0.3, 0.4) is 0 Å². The molecule has 0 saturated carbocycles. The fourth-order valence-corrected chi connectivity index (χ4v) is 2.84. The topological polar surface area (TPSA) is 188 Å². The van der Waals surface area contributed by atoms with Crippen LogP contribution >= 0.6 is 15.6 Å². The molecule has 0 fully saturated rings. The van der Waals surface area contributed by atoms with E-state index in [4.69, 9.17) is 24.0 Å². The van der Waals surface area contributed by atoms with E-state index in [1.807, 2.05) is 0 Å². The number of hydrogen-bond acceptors (Lipinski definition) is 7. The van der Waals surface area contributed by atoms with Crippen LogP contribution in [0.4, 0.5) is 0 Å². The van der Waals surface area contributed by atoms with Crippen LogP contribution in [0.15, 0.2) is 45.6 Å². The lowest BCUT2D eigenvalue weighted by atomic mass is 10.2. The Bertz CT molecular complexity index is 1000. The standard InChI is InChI=1S/C12H7NO3.H4O7P2/c14-7-1-3-9-11(5-7)16-12-6-8(15)2-4-10(12)13-9;1-8(2,3)7-9(4,5)6/h1-6,14H;(H2,1,2,3)(H2,4,5,6). The predicted octanol–water partition coefficient (Wildman–Crippen LogP) is 1.19. The second-order valence-electron chi connectivity index (χ2n) is 4.56.